The zero-order valence-electron chi connectivity index (χ0n) is 19.1. The number of Topliss-reactive ketones (excluding diaryl/α,β-unsaturated/α-hetero) is 2. The predicted octanol–water partition coefficient (Wildman–Crippen LogP) is 2.32. The van der Waals surface area contributed by atoms with Gasteiger partial charge in [0.25, 0.3) is 0 Å². The second kappa shape index (κ2) is 7.54. The molecular weight excluding hydrogens is 432 g/mol. The summed E-state index contributed by atoms with van der Waals surface area (Å²) in [4.78, 5) is 40.0. The van der Waals surface area contributed by atoms with Gasteiger partial charge in [-0.3, -0.25) is 9.59 Å². The summed E-state index contributed by atoms with van der Waals surface area (Å²) in [5.41, 5.74) is -0.130. The minimum absolute atomic E-state index is 0.0405. The van der Waals surface area contributed by atoms with Gasteiger partial charge in [-0.2, -0.15) is 0 Å². The lowest BCUT2D eigenvalue weighted by molar-refractivity contribution is -0.224. The Morgan fingerprint density at radius 2 is 1.45 bits per heavy atom. The number of ketones is 2. The molecule has 1 aromatic rings. The van der Waals surface area contributed by atoms with Gasteiger partial charge < -0.3 is 28.4 Å². The van der Waals surface area contributed by atoms with Crippen LogP contribution in [-0.2, 0) is 33.2 Å². The first-order valence-corrected chi connectivity index (χ1v) is 11.0. The van der Waals surface area contributed by atoms with Crippen LogP contribution >= 0.6 is 0 Å². The molecule has 0 amide bonds. The number of carbonyl (C=O) groups excluding carboxylic acids is 3. The molecule has 3 saturated heterocycles. The molecule has 176 valence electrons. The highest BCUT2D eigenvalue weighted by Gasteiger charge is 2.62. The quantitative estimate of drug-likeness (QED) is 0.498. The number of ether oxygens (including phenoxy) is 6. The number of fused-ring (bicyclic) bond motifs is 4. The molecule has 0 radical (unpaired) electrons. The molecule has 0 spiro atoms. The maximum absolute atomic E-state index is 13.7. The Kier molecular flexibility index (Phi) is 5.11. The maximum atomic E-state index is 13.7. The van der Waals surface area contributed by atoms with Gasteiger partial charge in [0.15, 0.2) is 23.6 Å². The normalized spacial score (nSPS) is 34.0. The summed E-state index contributed by atoms with van der Waals surface area (Å²) in [5.74, 6) is -3.94. The predicted molar refractivity (Wildman–Crippen MR) is 111 cm³/mol. The van der Waals surface area contributed by atoms with Gasteiger partial charge in [-0.15, -0.1) is 0 Å². The zero-order chi connectivity index (χ0) is 23.7. The fraction of sp³-hybridized carbons (Fsp3) is 0.542. The molecule has 3 aliphatic heterocycles. The molecule has 9 heteroatoms. The van der Waals surface area contributed by atoms with Gasteiger partial charge in [0, 0.05) is 11.1 Å². The largest absolute Gasteiger partial charge is 0.462 e. The third kappa shape index (κ3) is 3.55. The van der Waals surface area contributed by atoms with Gasteiger partial charge in [0.2, 0.25) is 5.78 Å². The van der Waals surface area contributed by atoms with Crippen molar-refractivity contribution in [3.63, 3.8) is 0 Å². The standard InChI is InChI=1S/C24H26O9/c1-6-28-21(27)14-13(15(25)11-9-7-8-10-12(11)16(14)26)17-18-19(31-23(2,3)30-18)20-22(29-17)33-24(4,5)32-20/h7-10,17-20,22H,6H2,1-5H3/t17?,18-,19-,20+,22+/m0/s1. The summed E-state index contributed by atoms with van der Waals surface area (Å²) in [5, 5.41) is 0. The molecular formula is C24H26O9. The van der Waals surface area contributed by atoms with Crippen LogP contribution in [0.25, 0.3) is 0 Å². The highest BCUT2D eigenvalue weighted by molar-refractivity contribution is 6.35. The molecule has 0 bridgehead atoms. The van der Waals surface area contributed by atoms with E-state index in [4.69, 9.17) is 28.4 Å². The van der Waals surface area contributed by atoms with E-state index >= 15 is 0 Å². The molecule has 33 heavy (non-hydrogen) atoms. The van der Waals surface area contributed by atoms with Crippen LogP contribution in [0.3, 0.4) is 0 Å². The van der Waals surface area contributed by atoms with Crippen LogP contribution in [0.1, 0.15) is 55.3 Å². The second-order valence-electron chi connectivity index (χ2n) is 9.30. The fourth-order valence-electron chi connectivity index (χ4n) is 4.92. The fourth-order valence-corrected chi connectivity index (χ4v) is 4.92. The smallest absolute Gasteiger partial charge is 0.342 e. The van der Waals surface area contributed by atoms with Crippen LogP contribution in [-0.4, -0.2) is 66.4 Å². The van der Waals surface area contributed by atoms with Gasteiger partial charge in [-0.05, 0) is 34.6 Å². The van der Waals surface area contributed by atoms with Crippen molar-refractivity contribution in [3.05, 3.63) is 46.5 Å². The van der Waals surface area contributed by atoms with Crippen LogP contribution in [0.5, 0.6) is 0 Å². The van der Waals surface area contributed by atoms with Crippen LogP contribution in [0, 0.1) is 0 Å². The molecule has 1 aliphatic carbocycles. The van der Waals surface area contributed by atoms with Gasteiger partial charge in [0.1, 0.15) is 30.0 Å². The Hall–Kier alpha value is -2.43. The molecule has 0 N–H and O–H groups in total. The summed E-state index contributed by atoms with van der Waals surface area (Å²) in [6.07, 6.45) is -4.09. The molecule has 1 unspecified atom stereocenters. The van der Waals surface area contributed by atoms with Gasteiger partial charge in [-0.1, -0.05) is 24.3 Å². The number of rotatable bonds is 3. The molecule has 0 saturated carbocycles. The average molecular weight is 458 g/mol. The summed E-state index contributed by atoms with van der Waals surface area (Å²) >= 11 is 0. The lowest BCUT2D eigenvalue weighted by atomic mass is 9.79. The third-order valence-electron chi connectivity index (χ3n) is 6.08. The van der Waals surface area contributed by atoms with Crippen molar-refractivity contribution in [2.75, 3.05) is 6.61 Å². The van der Waals surface area contributed by atoms with Crippen molar-refractivity contribution in [1.82, 2.24) is 0 Å². The summed E-state index contributed by atoms with van der Waals surface area (Å²) in [7, 11) is 0. The van der Waals surface area contributed by atoms with E-state index in [2.05, 4.69) is 0 Å². The Labute approximate surface area is 190 Å². The third-order valence-corrected chi connectivity index (χ3v) is 6.08. The van der Waals surface area contributed by atoms with Gasteiger partial charge in [-0.25, -0.2) is 4.79 Å². The SMILES string of the molecule is CCOC(=O)C1=C(C2O[C@@H]3OC(C)(C)O[C@@H]3[C@H]3OC(C)(C)O[C@@H]23)C(=O)c2ccccc2C1=O. The van der Waals surface area contributed by atoms with Crippen LogP contribution in [0.15, 0.2) is 35.4 Å². The van der Waals surface area contributed by atoms with Crippen molar-refractivity contribution in [2.24, 2.45) is 0 Å². The van der Waals surface area contributed by atoms with E-state index in [1.165, 1.54) is 6.07 Å². The van der Waals surface area contributed by atoms with Crippen molar-refractivity contribution in [1.29, 1.82) is 0 Å². The molecule has 5 atom stereocenters. The Balaban J connectivity index is 1.66. The van der Waals surface area contributed by atoms with E-state index in [0.29, 0.717) is 0 Å². The van der Waals surface area contributed by atoms with Crippen LogP contribution in [0.2, 0.25) is 0 Å². The van der Waals surface area contributed by atoms with Crippen molar-refractivity contribution < 1.29 is 42.8 Å². The molecule has 3 fully saturated rings. The monoisotopic (exact) mass is 458 g/mol. The number of carbonyl (C=O) groups is 3. The first kappa shape index (κ1) is 22.4. The highest BCUT2D eigenvalue weighted by Crippen LogP contribution is 2.47. The summed E-state index contributed by atoms with van der Waals surface area (Å²) < 4.78 is 35.5. The van der Waals surface area contributed by atoms with E-state index in [0.717, 1.165) is 0 Å². The average Bonchev–Trinajstić information content (AvgIpc) is 3.24. The molecule has 1 aromatic carbocycles. The molecule has 9 nitrogen and oxygen atoms in total. The van der Waals surface area contributed by atoms with Crippen LogP contribution in [0.4, 0.5) is 0 Å². The van der Waals surface area contributed by atoms with E-state index in [9.17, 15) is 14.4 Å². The number of hydrogen-bond acceptors (Lipinski definition) is 9. The van der Waals surface area contributed by atoms with E-state index in [1.807, 2.05) is 0 Å². The number of hydrogen-bond donors (Lipinski definition) is 0. The van der Waals surface area contributed by atoms with Crippen LogP contribution < -0.4 is 0 Å². The zero-order valence-corrected chi connectivity index (χ0v) is 19.1. The number of esters is 1. The van der Waals surface area contributed by atoms with E-state index < -0.39 is 59.8 Å². The Morgan fingerprint density at radius 1 is 0.879 bits per heavy atom. The minimum atomic E-state index is -1.11. The molecule has 0 aromatic heterocycles. The highest BCUT2D eigenvalue weighted by atomic mass is 16.9. The number of benzene rings is 1. The van der Waals surface area contributed by atoms with E-state index in [-0.39, 0.29) is 28.9 Å². The molecule has 3 heterocycles. The first-order valence-electron chi connectivity index (χ1n) is 11.0. The lowest BCUT2D eigenvalue weighted by Gasteiger charge is -2.39. The second-order valence-corrected chi connectivity index (χ2v) is 9.30. The summed E-state index contributed by atoms with van der Waals surface area (Å²) in [6, 6.07) is 6.36. The topological polar surface area (TPSA) is 107 Å². The first-order chi connectivity index (χ1) is 15.5. The van der Waals surface area contributed by atoms with Crippen molar-refractivity contribution in [3.8, 4) is 0 Å². The van der Waals surface area contributed by atoms with Crippen molar-refractivity contribution in [2.45, 2.75) is 76.9 Å². The minimum Gasteiger partial charge on any atom is -0.462 e. The Morgan fingerprint density at radius 3 is 2.12 bits per heavy atom. The Bertz CT molecular complexity index is 1070. The lowest BCUT2D eigenvalue weighted by Crippen LogP contribution is -2.57. The summed E-state index contributed by atoms with van der Waals surface area (Å²) in [6.45, 7) is 8.63. The molecule has 5 rings (SSSR count). The molecule has 4 aliphatic rings. The van der Waals surface area contributed by atoms with E-state index in [1.54, 1.807) is 52.8 Å². The maximum Gasteiger partial charge on any atom is 0.342 e. The van der Waals surface area contributed by atoms with Gasteiger partial charge >= 0.3 is 5.97 Å². The van der Waals surface area contributed by atoms with Gasteiger partial charge in [0.05, 0.1) is 12.2 Å². The van der Waals surface area contributed by atoms with Crippen molar-refractivity contribution >= 4 is 17.5 Å².